The summed E-state index contributed by atoms with van der Waals surface area (Å²) in [7, 11) is 0. The van der Waals surface area contributed by atoms with Crippen molar-refractivity contribution in [1.82, 2.24) is 26.2 Å². The SMILES string of the molecule is CC[C@H]1CN(C(=O)c2scc3c2CCCC3)CC(=O)N[C@H](C)C(=O)N[C@@H](CC(C)C)C(=O)N[C@@H](Cc2ccccc2)C(=O)N1. The third-order valence-electron chi connectivity index (χ3n) is 8.23. The van der Waals surface area contributed by atoms with Crippen LogP contribution in [0, 0.1) is 5.92 Å². The van der Waals surface area contributed by atoms with Gasteiger partial charge in [0.1, 0.15) is 18.1 Å². The van der Waals surface area contributed by atoms with E-state index in [1.807, 2.05) is 56.5 Å². The highest BCUT2D eigenvalue weighted by molar-refractivity contribution is 7.12. The van der Waals surface area contributed by atoms with Crippen LogP contribution in [0.15, 0.2) is 35.7 Å². The molecule has 2 heterocycles. The maximum atomic E-state index is 14.0. The molecular weight excluding hydrogens is 578 g/mol. The van der Waals surface area contributed by atoms with E-state index in [1.165, 1.54) is 21.8 Å². The normalized spacial score (nSPS) is 23.9. The number of hydrogen-bond acceptors (Lipinski definition) is 6. The van der Waals surface area contributed by atoms with Crippen LogP contribution in [0.1, 0.15) is 79.7 Å². The minimum atomic E-state index is -0.941. The van der Waals surface area contributed by atoms with E-state index in [-0.39, 0.29) is 31.3 Å². The third-order valence-corrected chi connectivity index (χ3v) is 9.29. The van der Waals surface area contributed by atoms with E-state index >= 15 is 0 Å². The molecule has 5 amide bonds. The second kappa shape index (κ2) is 15.3. The zero-order chi connectivity index (χ0) is 31.8. The van der Waals surface area contributed by atoms with Crippen molar-refractivity contribution in [2.24, 2.45) is 5.92 Å². The van der Waals surface area contributed by atoms with E-state index in [9.17, 15) is 24.0 Å². The number of benzene rings is 1. The molecule has 1 aliphatic carbocycles. The van der Waals surface area contributed by atoms with Crippen molar-refractivity contribution in [3.05, 3.63) is 57.3 Å². The molecule has 4 N–H and O–H groups in total. The van der Waals surface area contributed by atoms with Gasteiger partial charge in [-0.25, -0.2) is 0 Å². The lowest BCUT2D eigenvalue weighted by molar-refractivity contribution is -0.133. The highest BCUT2D eigenvalue weighted by Gasteiger charge is 2.33. The minimum absolute atomic E-state index is 0.0754. The van der Waals surface area contributed by atoms with Crippen LogP contribution in [0.4, 0.5) is 0 Å². The maximum absolute atomic E-state index is 14.0. The Kier molecular flexibility index (Phi) is 11.5. The highest BCUT2D eigenvalue weighted by Crippen LogP contribution is 2.31. The summed E-state index contributed by atoms with van der Waals surface area (Å²) in [5, 5.41) is 13.4. The van der Waals surface area contributed by atoms with Crippen LogP contribution in [-0.2, 0) is 38.4 Å². The monoisotopic (exact) mass is 623 g/mol. The number of carbonyl (C=O) groups is 5. The molecule has 0 spiro atoms. The second-order valence-corrected chi connectivity index (χ2v) is 13.2. The van der Waals surface area contributed by atoms with Gasteiger partial charge in [0.15, 0.2) is 0 Å². The third kappa shape index (κ3) is 8.68. The standard InChI is InChI=1S/C33H45N5O5S/c1-5-24-17-38(33(43)29-25-14-10-9-13-23(25)19-44-29)18-28(39)34-21(4)30(40)36-26(15-20(2)3)32(42)37-27(31(41)35-24)16-22-11-7-6-8-12-22/h6-8,11-12,19-21,24,26-27H,5,9-10,13-18H2,1-4H3,(H,34,39)(H,35,41)(H,36,40)(H,37,42)/t21-,24+,26+,27+/m1/s1. The molecule has 4 atom stereocenters. The summed E-state index contributed by atoms with van der Waals surface area (Å²) < 4.78 is 0. The average Bonchev–Trinajstić information content (AvgIpc) is 3.43. The van der Waals surface area contributed by atoms with Crippen molar-refractivity contribution < 1.29 is 24.0 Å². The van der Waals surface area contributed by atoms with Gasteiger partial charge < -0.3 is 26.2 Å². The summed E-state index contributed by atoms with van der Waals surface area (Å²) in [6.45, 7) is 7.17. The van der Waals surface area contributed by atoms with Gasteiger partial charge >= 0.3 is 0 Å². The molecule has 1 aliphatic heterocycles. The Bertz CT molecular complexity index is 1340. The molecule has 1 saturated heterocycles. The Balaban J connectivity index is 1.66. The van der Waals surface area contributed by atoms with Gasteiger partial charge in [0.05, 0.1) is 11.4 Å². The number of fused-ring (bicyclic) bond motifs is 1. The van der Waals surface area contributed by atoms with Crippen LogP contribution < -0.4 is 21.3 Å². The summed E-state index contributed by atoms with van der Waals surface area (Å²) in [6, 6.07) is 6.17. The Morgan fingerprint density at radius 1 is 0.932 bits per heavy atom. The van der Waals surface area contributed by atoms with Crippen molar-refractivity contribution in [2.45, 2.75) is 96.8 Å². The van der Waals surface area contributed by atoms with Crippen molar-refractivity contribution in [2.75, 3.05) is 13.1 Å². The Morgan fingerprint density at radius 3 is 2.32 bits per heavy atom. The van der Waals surface area contributed by atoms with Gasteiger partial charge in [-0.1, -0.05) is 51.1 Å². The number of hydrogen-bond donors (Lipinski definition) is 4. The lowest BCUT2D eigenvalue weighted by Gasteiger charge is -2.29. The first kappa shape index (κ1) is 33.2. The Hall–Kier alpha value is -3.73. The van der Waals surface area contributed by atoms with Crippen molar-refractivity contribution >= 4 is 40.9 Å². The van der Waals surface area contributed by atoms with E-state index in [2.05, 4.69) is 21.3 Å². The lowest BCUT2D eigenvalue weighted by atomic mass is 9.93. The molecule has 1 fully saturated rings. The van der Waals surface area contributed by atoms with E-state index in [0.717, 1.165) is 36.8 Å². The quantitative estimate of drug-likeness (QED) is 0.392. The molecule has 2 aliphatic rings. The number of nitrogens with zero attached hydrogens (tertiary/aromatic N) is 1. The fraction of sp³-hybridized carbons (Fsp3) is 0.545. The summed E-state index contributed by atoms with van der Waals surface area (Å²) in [4.78, 5) is 69.8. The smallest absolute Gasteiger partial charge is 0.264 e. The highest BCUT2D eigenvalue weighted by atomic mass is 32.1. The van der Waals surface area contributed by atoms with Crippen LogP contribution in [0.5, 0.6) is 0 Å². The predicted molar refractivity (Wildman–Crippen MR) is 170 cm³/mol. The Labute approximate surface area is 263 Å². The molecule has 10 nitrogen and oxygen atoms in total. The first-order chi connectivity index (χ1) is 21.0. The van der Waals surface area contributed by atoms with E-state index in [4.69, 9.17) is 0 Å². The van der Waals surface area contributed by atoms with E-state index < -0.39 is 47.8 Å². The molecule has 0 unspecified atom stereocenters. The van der Waals surface area contributed by atoms with Crippen LogP contribution in [0.25, 0.3) is 0 Å². The largest absolute Gasteiger partial charge is 0.350 e. The number of rotatable bonds is 6. The second-order valence-electron chi connectivity index (χ2n) is 12.3. The van der Waals surface area contributed by atoms with Gasteiger partial charge in [-0.15, -0.1) is 11.3 Å². The molecule has 0 saturated carbocycles. The molecule has 44 heavy (non-hydrogen) atoms. The molecule has 238 valence electrons. The number of thiophene rings is 1. The topological polar surface area (TPSA) is 137 Å². The predicted octanol–water partition coefficient (Wildman–Crippen LogP) is 2.74. The van der Waals surface area contributed by atoms with Crippen LogP contribution in [0.2, 0.25) is 0 Å². The molecule has 2 aromatic rings. The molecule has 0 radical (unpaired) electrons. The zero-order valence-electron chi connectivity index (χ0n) is 26.1. The van der Waals surface area contributed by atoms with Crippen molar-refractivity contribution in [3.8, 4) is 0 Å². The molecule has 1 aromatic carbocycles. The fourth-order valence-electron chi connectivity index (χ4n) is 5.76. The summed E-state index contributed by atoms with van der Waals surface area (Å²) in [5.74, 6) is -2.05. The van der Waals surface area contributed by atoms with Gasteiger partial charge in [-0.3, -0.25) is 24.0 Å². The van der Waals surface area contributed by atoms with Crippen LogP contribution >= 0.6 is 11.3 Å². The number of nitrogens with one attached hydrogen (secondary N) is 4. The average molecular weight is 624 g/mol. The molecular formula is C33H45N5O5S. The first-order valence-electron chi connectivity index (χ1n) is 15.7. The zero-order valence-corrected chi connectivity index (χ0v) is 26.9. The van der Waals surface area contributed by atoms with E-state index in [1.54, 1.807) is 6.92 Å². The van der Waals surface area contributed by atoms with Gasteiger partial charge in [0.2, 0.25) is 23.6 Å². The lowest BCUT2D eigenvalue weighted by Crippen LogP contribution is -2.57. The van der Waals surface area contributed by atoms with Gasteiger partial charge in [0, 0.05) is 19.0 Å². The van der Waals surface area contributed by atoms with Gasteiger partial charge in [-0.05, 0) is 73.4 Å². The van der Waals surface area contributed by atoms with Gasteiger partial charge in [-0.2, -0.15) is 0 Å². The summed E-state index contributed by atoms with van der Waals surface area (Å²) in [5.41, 5.74) is 3.11. The minimum Gasteiger partial charge on any atom is -0.350 e. The first-order valence-corrected chi connectivity index (χ1v) is 16.6. The molecule has 0 bridgehead atoms. The number of carbonyl (C=O) groups excluding carboxylic acids is 5. The summed E-state index contributed by atoms with van der Waals surface area (Å²) in [6.07, 6.45) is 4.96. The van der Waals surface area contributed by atoms with Crippen LogP contribution in [-0.4, -0.2) is 71.7 Å². The van der Waals surface area contributed by atoms with E-state index in [0.29, 0.717) is 17.7 Å². The maximum Gasteiger partial charge on any atom is 0.264 e. The van der Waals surface area contributed by atoms with Crippen molar-refractivity contribution in [3.63, 3.8) is 0 Å². The fourth-order valence-corrected chi connectivity index (χ4v) is 6.89. The molecule has 4 rings (SSSR count). The Morgan fingerprint density at radius 2 is 1.61 bits per heavy atom. The number of aryl methyl sites for hydroxylation is 1. The van der Waals surface area contributed by atoms with Crippen LogP contribution in [0.3, 0.4) is 0 Å². The molecule has 1 aromatic heterocycles. The van der Waals surface area contributed by atoms with Gasteiger partial charge in [0.25, 0.3) is 5.91 Å². The molecule has 11 heteroatoms. The number of amides is 5. The summed E-state index contributed by atoms with van der Waals surface area (Å²) >= 11 is 1.40. The van der Waals surface area contributed by atoms with Crippen molar-refractivity contribution in [1.29, 1.82) is 0 Å².